The Morgan fingerprint density at radius 2 is 1.97 bits per heavy atom. The molecule has 1 aliphatic carbocycles. The van der Waals surface area contributed by atoms with E-state index in [0.717, 1.165) is 34.6 Å². The maximum absolute atomic E-state index is 12.9. The molecule has 0 bridgehead atoms. The third-order valence-corrected chi connectivity index (χ3v) is 5.32. The minimum absolute atomic E-state index is 0.0178. The summed E-state index contributed by atoms with van der Waals surface area (Å²) in [5, 5.41) is 5.65. The van der Waals surface area contributed by atoms with Gasteiger partial charge >= 0.3 is 6.03 Å². The van der Waals surface area contributed by atoms with E-state index in [9.17, 15) is 14.4 Å². The van der Waals surface area contributed by atoms with Crippen LogP contribution in [0.5, 0.6) is 5.75 Å². The highest BCUT2D eigenvalue weighted by Gasteiger charge is 2.34. The van der Waals surface area contributed by atoms with Crippen LogP contribution < -0.4 is 15.4 Å². The number of hydrogen-bond acceptors (Lipinski definition) is 4. The number of carbonyl (C=O) groups excluding carboxylic acids is 3. The second-order valence-electron chi connectivity index (χ2n) is 7.40. The van der Waals surface area contributed by atoms with Crippen LogP contribution in [0.2, 0.25) is 0 Å². The van der Waals surface area contributed by atoms with Crippen molar-refractivity contribution in [2.24, 2.45) is 5.92 Å². The lowest BCUT2D eigenvalue weighted by Crippen LogP contribution is -2.31. The molecule has 7 heteroatoms. The average Bonchev–Trinajstić information content (AvgIpc) is 3.54. The molecule has 7 nitrogen and oxygen atoms in total. The zero-order valence-corrected chi connectivity index (χ0v) is 16.2. The number of methoxy groups -OCH3 is 1. The van der Waals surface area contributed by atoms with Gasteiger partial charge in [0.15, 0.2) is 0 Å². The van der Waals surface area contributed by atoms with E-state index in [4.69, 9.17) is 4.74 Å². The third-order valence-electron chi connectivity index (χ3n) is 5.32. The van der Waals surface area contributed by atoms with Gasteiger partial charge in [-0.25, -0.2) is 4.79 Å². The van der Waals surface area contributed by atoms with Crippen LogP contribution in [0, 0.1) is 5.92 Å². The van der Waals surface area contributed by atoms with Crippen LogP contribution in [-0.2, 0) is 11.3 Å². The highest BCUT2D eigenvalue weighted by atomic mass is 16.5. The summed E-state index contributed by atoms with van der Waals surface area (Å²) in [6.07, 6.45) is 2.17. The fourth-order valence-electron chi connectivity index (χ4n) is 3.55. The highest BCUT2D eigenvalue weighted by Crippen LogP contribution is 2.41. The van der Waals surface area contributed by atoms with E-state index in [-0.39, 0.29) is 30.9 Å². The molecule has 2 N–H and O–H groups in total. The molecule has 1 atom stereocenters. The van der Waals surface area contributed by atoms with Crippen LogP contribution in [0.25, 0.3) is 0 Å². The van der Waals surface area contributed by atoms with Crippen molar-refractivity contribution in [2.45, 2.75) is 25.4 Å². The van der Waals surface area contributed by atoms with Gasteiger partial charge in [-0.15, -0.1) is 0 Å². The van der Waals surface area contributed by atoms with Gasteiger partial charge in [-0.3, -0.25) is 14.5 Å². The number of urea groups is 1. The molecule has 0 spiro atoms. The van der Waals surface area contributed by atoms with Gasteiger partial charge < -0.3 is 15.4 Å². The van der Waals surface area contributed by atoms with Gasteiger partial charge in [0.25, 0.3) is 5.91 Å². The zero-order valence-electron chi connectivity index (χ0n) is 16.2. The number of carbonyl (C=O) groups is 3. The SMILES string of the molecule is COc1ccc(C(NC(=O)c2cccc(CN3C(=O)CNC3=O)c2)C2CC2)cc1. The van der Waals surface area contributed by atoms with Crippen molar-refractivity contribution in [2.75, 3.05) is 13.7 Å². The Kier molecular flexibility index (Phi) is 5.20. The van der Waals surface area contributed by atoms with E-state index < -0.39 is 6.03 Å². The predicted molar refractivity (Wildman–Crippen MR) is 106 cm³/mol. The van der Waals surface area contributed by atoms with Crippen LogP contribution in [0.4, 0.5) is 4.79 Å². The maximum atomic E-state index is 12.9. The van der Waals surface area contributed by atoms with Crippen LogP contribution in [0.1, 0.15) is 40.4 Å². The first-order valence-corrected chi connectivity index (χ1v) is 9.67. The topological polar surface area (TPSA) is 87.7 Å². The van der Waals surface area contributed by atoms with E-state index in [1.54, 1.807) is 31.4 Å². The molecule has 4 amide bonds. The average molecular weight is 393 g/mol. The highest BCUT2D eigenvalue weighted by molar-refractivity contribution is 6.02. The minimum atomic E-state index is -0.404. The zero-order chi connectivity index (χ0) is 20.4. The molecule has 1 unspecified atom stereocenters. The maximum Gasteiger partial charge on any atom is 0.324 e. The lowest BCUT2D eigenvalue weighted by atomic mass is 10.0. The number of nitrogens with zero attached hydrogens (tertiary/aromatic N) is 1. The Hall–Kier alpha value is -3.35. The van der Waals surface area contributed by atoms with Crippen LogP contribution in [0.3, 0.4) is 0 Å². The first-order chi connectivity index (χ1) is 14.0. The van der Waals surface area contributed by atoms with Gasteiger partial charge in [-0.1, -0.05) is 24.3 Å². The quantitative estimate of drug-likeness (QED) is 0.708. The Bertz CT molecular complexity index is 921. The Balaban J connectivity index is 1.48. The van der Waals surface area contributed by atoms with E-state index in [1.165, 1.54) is 0 Å². The largest absolute Gasteiger partial charge is 0.497 e. The first kappa shape index (κ1) is 19.0. The molecule has 2 aromatic carbocycles. The molecule has 2 aromatic rings. The van der Waals surface area contributed by atoms with Crippen molar-refractivity contribution in [3.8, 4) is 5.75 Å². The standard InChI is InChI=1S/C22H23N3O4/c1-29-18-9-7-16(8-10-18)20(15-5-6-15)24-21(27)17-4-2-3-14(11-17)13-25-19(26)12-23-22(25)28/h2-4,7-11,15,20H,5-6,12-13H2,1H3,(H,23,28)(H,24,27). The molecule has 29 heavy (non-hydrogen) atoms. The van der Waals surface area contributed by atoms with Crippen LogP contribution >= 0.6 is 0 Å². The van der Waals surface area contributed by atoms with Crippen molar-refractivity contribution >= 4 is 17.8 Å². The monoisotopic (exact) mass is 393 g/mol. The molecule has 2 fully saturated rings. The number of amides is 4. The number of imide groups is 1. The molecule has 1 saturated heterocycles. The number of ether oxygens (including phenoxy) is 1. The molecule has 150 valence electrons. The van der Waals surface area contributed by atoms with Gasteiger partial charge in [-0.2, -0.15) is 0 Å². The van der Waals surface area contributed by atoms with Crippen LogP contribution in [0.15, 0.2) is 48.5 Å². The molecule has 1 aliphatic heterocycles. The summed E-state index contributed by atoms with van der Waals surface area (Å²) in [7, 11) is 1.63. The predicted octanol–water partition coefficient (Wildman–Crippen LogP) is 2.63. The summed E-state index contributed by atoms with van der Waals surface area (Å²) >= 11 is 0. The van der Waals surface area contributed by atoms with Crippen molar-refractivity contribution in [1.82, 2.24) is 15.5 Å². The molecule has 1 saturated carbocycles. The van der Waals surface area contributed by atoms with Gasteiger partial charge in [-0.05, 0) is 54.2 Å². The van der Waals surface area contributed by atoms with Gasteiger partial charge in [0.2, 0.25) is 5.91 Å². The Labute approximate surface area is 169 Å². The Morgan fingerprint density at radius 3 is 2.59 bits per heavy atom. The third kappa shape index (κ3) is 4.23. The smallest absolute Gasteiger partial charge is 0.324 e. The molecular formula is C22H23N3O4. The molecule has 1 heterocycles. The van der Waals surface area contributed by atoms with Crippen molar-refractivity contribution in [1.29, 1.82) is 0 Å². The summed E-state index contributed by atoms with van der Waals surface area (Å²) < 4.78 is 5.21. The minimum Gasteiger partial charge on any atom is -0.497 e. The van der Waals surface area contributed by atoms with E-state index in [0.29, 0.717) is 11.5 Å². The normalized spacial score (nSPS) is 17.1. The van der Waals surface area contributed by atoms with Gasteiger partial charge in [0.05, 0.1) is 26.2 Å². The molecular weight excluding hydrogens is 370 g/mol. The van der Waals surface area contributed by atoms with E-state index >= 15 is 0 Å². The van der Waals surface area contributed by atoms with E-state index in [1.807, 2.05) is 24.3 Å². The van der Waals surface area contributed by atoms with Crippen molar-refractivity contribution in [3.63, 3.8) is 0 Å². The van der Waals surface area contributed by atoms with Gasteiger partial charge in [0.1, 0.15) is 5.75 Å². The molecule has 2 aliphatic rings. The number of nitrogens with one attached hydrogen (secondary N) is 2. The fraction of sp³-hybridized carbons (Fsp3) is 0.318. The fourth-order valence-corrected chi connectivity index (χ4v) is 3.55. The van der Waals surface area contributed by atoms with Gasteiger partial charge in [0, 0.05) is 5.56 Å². The van der Waals surface area contributed by atoms with E-state index in [2.05, 4.69) is 10.6 Å². The summed E-state index contributed by atoms with van der Waals surface area (Å²) in [6.45, 7) is 0.167. The van der Waals surface area contributed by atoms with Crippen molar-refractivity contribution in [3.05, 3.63) is 65.2 Å². The summed E-state index contributed by atoms with van der Waals surface area (Å²) in [6, 6.07) is 14.3. The lowest BCUT2D eigenvalue weighted by Gasteiger charge is -2.20. The van der Waals surface area contributed by atoms with Crippen molar-refractivity contribution < 1.29 is 19.1 Å². The second kappa shape index (κ2) is 7.95. The second-order valence-corrected chi connectivity index (χ2v) is 7.40. The molecule has 4 rings (SSSR count). The Morgan fingerprint density at radius 1 is 1.21 bits per heavy atom. The summed E-state index contributed by atoms with van der Waals surface area (Å²) in [4.78, 5) is 37.6. The first-order valence-electron chi connectivity index (χ1n) is 9.67. The number of benzene rings is 2. The van der Waals surface area contributed by atoms with Crippen LogP contribution in [-0.4, -0.2) is 36.4 Å². The number of rotatable bonds is 7. The summed E-state index contributed by atoms with van der Waals surface area (Å²) in [5.41, 5.74) is 2.29. The molecule has 0 radical (unpaired) electrons. The molecule has 0 aromatic heterocycles. The lowest BCUT2D eigenvalue weighted by molar-refractivity contribution is -0.125. The summed E-state index contributed by atoms with van der Waals surface area (Å²) in [5.74, 6) is 0.777. The number of hydrogen-bond donors (Lipinski definition) is 2.